The van der Waals surface area contributed by atoms with Crippen molar-refractivity contribution in [1.82, 2.24) is 9.78 Å². The summed E-state index contributed by atoms with van der Waals surface area (Å²) in [5.74, 6) is -0.126. The summed E-state index contributed by atoms with van der Waals surface area (Å²) >= 11 is 1.54. The van der Waals surface area contributed by atoms with Crippen LogP contribution in [0, 0.1) is 0 Å². The molecule has 4 nitrogen and oxygen atoms in total. The minimum Gasteiger partial charge on any atom is -0.292 e. The van der Waals surface area contributed by atoms with Crippen LogP contribution in [-0.2, 0) is 0 Å². The van der Waals surface area contributed by atoms with Gasteiger partial charge in [0.1, 0.15) is 11.7 Å². The van der Waals surface area contributed by atoms with Crippen LogP contribution in [0.2, 0.25) is 0 Å². The Balaban J connectivity index is 1.99. The predicted molar refractivity (Wildman–Crippen MR) is 87.3 cm³/mol. The Bertz CT molecular complexity index is 839. The first-order chi connectivity index (χ1) is 10.7. The van der Waals surface area contributed by atoms with Gasteiger partial charge in [0.25, 0.3) is 5.56 Å². The van der Waals surface area contributed by atoms with Crippen molar-refractivity contribution < 1.29 is 4.79 Å². The van der Waals surface area contributed by atoms with Crippen LogP contribution in [0.3, 0.4) is 0 Å². The number of rotatable bonds is 4. The van der Waals surface area contributed by atoms with Gasteiger partial charge in [-0.2, -0.15) is 5.10 Å². The third-order valence-corrected chi connectivity index (χ3v) is 4.30. The first kappa shape index (κ1) is 14.4. The maximum atomic E-state index is 12.5. The van der Waals surface area contributed by atoms with Crippen molar-refractivity contribution in [2.24, 2.45) is 0 Å². The van der Waals surface area contributed by atoms with Gasteiger partial charge in [0.2, 0.25) is 0 Å². The Morgan fingerprint density at radius 1 is 1.09 bits per heavy atom. The third-order valence-electron chi connectivity index (χ3n) is 3.40. The van der Waals surface area contributed by atoms with E-state index in [9.17, 15) is 9.59 Å². The molecule has 1 atom stereocenters. The van der Waals surface area contributed by atoms with Crippen molar-refractivity contribution in [2.75, 3.05) is 0 Å². The molecule has 0 saturated carbocycles. The van der Waals surface area contributed by atoms with Crippen LogP contribution in [0.5, 0.6) is 0 Å². The molecule has 0 saturated heterocycles. The molecular formula is C17H14N2O2S. The summed E-state index contributed by atoms with van der Waals surface area (Å²) in [6, 6.07) is 15.3. The van der Waals surface area contributed by atoms with Gasteiger partial charge in [-0.15, -0.1) is 11.3 Å². The summed E-state index contributed by atoms with van der Waals surface area (Å²) in [4.78, 5) is 25.5. The van der Waals surface area contributed by atoms with E-state index in [1.807, 2.05) is 23.6 Å². The fourth-order valence-electron chi connectivity index (χ4n) is 2.21. The highest BCUT2D eigenvalue weighted by molar-refractivity contribution is 7.13. The molecular weight excluding hydrogens is 296 g/mol. The smallest absolute Gasteiger partial charge is 0.267 e. The molecule has 0 unspecified atom stereocenters. The molecule has 0 radical (unpaired) electrons. The van der Waals surface area contributed by atoms with E-state index in [2.05, 4.69) is 5.10 Å². The lowest BCUT2D eigenvalue weighted by molar-refractivity contribution is 0.0925. The topological polar surface area (TPSA) is 52.0 Å². The van der Waals surface area contributed by atoms with Gasteiger partial charge in [-0.1, -0.05) is 36.4 Å². The summed E-state index contributed by atoms with van der Waals surface area (Å²) in [6.07, 6.45) is 0. The van der Waals surface area contributed by atoms with Crippen LogP contribution in [0.15, 0.2) is 64.8 Å². The third kappa shape index (κ3) is 2.76. The number of hydrogen-bond acceptors (Lipinski definition) is 4. The molecule has 0 aliphatic heterocycles. The Labute approximate surface area is 131 Å². The standard InChI is InChI=1S/C17H14N2O2S/c1-12(17(21)13-6-3-2-4-7-13)19-16(20)10-9-14(18-19)15-8-5-11-22-15/h2-12H,1H3/t12-/m1/s1. The molecule has 0 fully saturated rings. The Hall–Kier alpha value is -2.53. The molecule has 0 spiro atoms. The van der Waals surface area contributed by atoms with E-state index in [1.165, 1.54) is 10.7 Å². The van der Waals surface area contributed by atoms with Crippen LogP contribution < -0.4 is 5.56 Å². The number of hydrogen-bond donors (Lipinski definition) is 0. The van der Waals surface area contributed by atoms with Crippen molar-refractivity contribution in [3.63, 3.8) is 0 Å². The molecule has 0 bridgehead atoms. The highest BCUT2D eigenvalue weighted by Crippen LogP contribution is 2.22. The van der Waals surface area contributed by atoms with E-state index in [4.69, 9.17) is 0 Å². The van der Waals surface area contributed by atoms with Crippen LogP contribution in [0.1, 0.15) is 23.3 Å². The fourth-order valence-corrected chi connectivity index (χ4v) is 2.90. The minimum atomic E-state index is -0.644. The number of nitrogens with zero attached hydrogens (tertiary/aromatic N) is 2. The first-order valence-electron chi connectivity index (χ1n) is 6.90. The molecule has 3 rings (SSSR count). The van der Waals surface area contributed by atoms with E-state index in [-0.39, 0.29) is 11.3 Å². The van der Waals surface area contributed by atoms with Crippen molar-refractivity contribution in [2.45, 2.75) is 13.0 Å². The maximum Gasteiger partial charge on any atom is 0.267 e. The molecule has 2 heterocycles. The van der Waals surface area contributed by atoms with E-state index in [0.29, 0.717) is 11.3 Å². The van der Waals surface area contributed by atoms with Crippen molar-refractivity contribution >= 4 is 17.1 Å². The van der Waals surface area contributed by atoms with Gasteiger partial charge in [-0.05, 0) is 24.4 Å². The Morgan fingerprint density at radius 3 is 2.55 bits per heavy atom. The van der Waals surface area contributed by atoms with Crippen molar-refractivity contribution in [3.05, 3.63) is 75.9 Å². The number of carbonyl (C=O) groups is 1. The summed E-state index contributed by atoms with van der Waals surface area (Å²) in [5, 5.41) is 6.30. The zero-order valence-corrected chi connectivity index (χ0v) is 12.8. The van der Waals surface area contributed by atoms with Gasteiger partial charge < -0.3 is 0 Å². The molecule has 1 aromatic carbocycles. The van der Waals surface area contributed by atoms with Gasteiger partial charge >= 0.3 is 0 Å². The number of aromatic nitrogens is 2. The minimum absolute atomic E-state index is 0.126. The molecule has 3 aromatic rings. The summed E-state index contributed by atoms with van der Waals surface area (Å²) in [5.41, 5.74) is 0.990. The van der Waals surface area contributed by atoms with Gasteiger partial charge in [0.05, 0.1) is 4.88 Å². The Morgan fingerprint density at radius 2 is 1.86 bits per heavy atom. The molecule has 2 aromatic heterocycles. The lowest BCUT2D eigenvalue weighted by Gasteiger charge is -2.13. The quantitative estimate of drug-likeness (QED) is 0.694. The second-order valence-electron chi connectivity index (χ2n) is 4.88. The first-order valence-corrected chi connectivity index (χ1v) is 7.78. The highest BCUT2D eigenvalue weighted by atomic mass is 32.1. The second-order valence-corrected chi connectivity index (χ2v) is 5.83. The monoisotopic (exact) mass is 310 g/mol. The average Bonchev–Trinajstić information content (AvgIpc) is 3.09. The number of benzene rings is 1. The van der Waals surface area contributed by atoms with Crippen LogP contribution in [0.4, 0.5) is 0 Å². The van der Waals surface area contributed by atoms with E-state index >= 15 is 0 Å². The van der Waals surface area contributed by atoms with Crippen molar-refractivity contribution in [3.8, 4) is 10.6 Å². The summed E-state index contributed by atoms with van der Waals surface area (Å²) in [7, 11) is 0. The SMILES string of the molecule is C[C@H](C(=O)c1ccccc1)n1nc(-c2cccs2)ccc1=O. The number of Topliss-reactive ketones (excluding diaryl/α,β-unsaturated/α-hetero) is 1. The lowest BCUT2D eigenvalue weighted by atomic mass is 10.1. The average molecular weight is 310 g/mol. The highest BCUT2D eigenvalue weighted by Gasteiger charge is 2.19. The molecule has 5 heteroatoms. The van der Waals surface area contributed by atoms with Gasteiger partial charge in [-0.3, -0.25) is 9.59 Å². The number of ketones is 1. The van der Waals surface area contributed by atoms with Gasteiger partial charge in [0.15, 0.2) is 5.78 Å². The predicted octanol–water partition coefficient (Wildman–Crippen LogP) is 3.42. The summed E-state index contributed by atoms with van der Waals surface area (Å²) in [6.45, 7) is 1.70. The van der Waals surface area contributed by atoms with Crippen LogP contribution in [0.25, 0.3) is 10.6 Å². The molecule has 0 aliphatic rings. The van der Waals surface area contributed by atoms with E-state index in [0.717, 1.165) is 4.88 Å². The largest absolute Gasteiger partial charge is 0.292 e. The van der Waals surface area contributed by atoms with Crippen molar-refractivity contribution in [1.29, 1.82) is 0 Å². The molecule has 22 heavy (non-hydrogen) atoms. The van der Waals surface area contributed by atoms with Gasteiger partial charge in [-0.25, -0.2) is 4.68 Å². The Kier molecular flexibility index (Phi) is 3.98. The molecule has 0 amide bonds. The zero-order chi connectivity index (χ0) is 15.5. The van der Waals surface area contributed by atoms with E-state index < -0.39 is 6.04 Å². The van der Waals surface area contributed by atoms with Crippen LogP contribution in [-0.4, -0.2) is 15.6 Å². The maximum absolute atomic E-state index is 12.5. The van der Waals surface area contributed by atoms with Gasteiger partial charge in [0, 0.05) is 11.6 Å². The van der Waals surface area contributed by atoms with Crippen LogP contribution >= 0.6 is 11.3 Å². The second kappa shape index (κ2) is 6.07. The molecule has 0 N–H and O–H groups in total. The number of carbonyl (C=O) groups excluding carboxylic acids is 1. The zero-order valence-electron chi connectivity index (χ0n) is 12.0. The normalized spacial score (nSPS) is 12.0. The molecule has 110 valence electrons. The molecule has 0 aliphatic carbocycles. The lowest BCUT2D eigenvalue weighted by Crippen LogP contribution is -2.30. The summed E-state index contributed by atoms with van der Waals surface area (Å²) < 4.78 is 1.25. The number of thiophene rings is 1. The fraction of sp³-hybridized carbons (Fsp3) is 0.118. The van der Waals surface area contributed by atoms with E-state index in [1.54, 1.807) is 48.6 Å².